The Labute approximate surface area is 65.2 Å². The van der Waals surface area contributed by atoms with Crippen LogP contribution in [0.2, 0.25) is 0 Å². The fourth-order valence-electron chi connectivity index (χ4n) is 0.693. The van der Waals surface area contributed by atoms with Crippen LogP contribution in [0.5, 0.6) is 0 Å². The maximum atomic E-state index is 10.7. The molecule has 0 spiro atoms. The highest BCUT2D eigenvalue weighted by Gasteiger charge is 2.08. The van der Waals surface area contributed by atoms with Gasteiger partial charge in [-0.3, -0.25) is 0 Å². The Kier molecular flexibility index (Phi) is 1.99. The van der Waals surface area contributed by atoms with E-state index in [9.17, 15) is 8.42 Å². The van der Waals surface area contributed by atoms with Crippen LogP contribution in [0.4, 0.5) is 0 Å². The van der Waals surface area contributed by atoms with E-state index < -0.39 is 9.84 Å². The van der Waals surface area contributed by atoms with Crippen molar-refractivity contribution in [3.8, 4) is 0 Å². The minimum Gasteiger partial charge on any atom is -0.448 e. The van der Waals surface area contributed by atoms with E-state index >= 15 is 0 Å². The third kappa shape index (κ3) is 2.71. The lowest BCUT2D eigenvalue weighted by molar-refractivity contribution is 0.508. The molecule has 11 heavy (non-hydrogen) atoms. The van der Waals surface area contributed by atoms with Crippen LogP contribution in [0.3, 0.4) is 0 Å². The van der Waals surface area contributed by atoms with Crippen molar-refractivity contribution in [2.45, 2.75) is 12.7 Å². The van der Waals surface area contributed by atoms with Gasteiger partial charge in [0.15, 0.2) is 9.84 Å². The predicted molar refractivity (Wildman–Crippen MR) is 39.8 cm³/mol. The van der Waals surface area contributed by atoms with Gasteiger partial charge in [-0.25, -0.2) is 13.4 Å². The molecule has 0 aliphatic rings. The lowest BCUT2D eigenvalue weighted by Gasteiger charge is -1.89. The third-order valence-corrected chi connectivity index (χ3v) is 1.82. The van der Waals surface area contributed by atoms with E-state index in [4.69, 9.17) is 4.42 Å². The van der Waals surface area contributed by atoms with Crippen molar-refractivity contribution in [2.24, 2.45) is 0 Å². The molecule has 1 aromatic rings. The number of aromatic nitrogens is 1. The van der Waals surface area contributed by atoms with Crippen LogP contribution in [-0.2, 0) is 15.6 Å². The zero-order valence-electron chi connectivity index (χ0n) is 6.36. The Morgan fingerprint density at radius 2 is 2.27 bits per heavy atom. The summed E-state index contributed by atoms with van der Waals surface area (Å²) in [5, 5.41) is 0. The smallest absolute Gasteiger partial charge is 0.209 e. The van der Waals surface area contributed by atoms with Gasteiger partial charge in [-0.2, -0.15) is 0 Å². The van der Waals surface area contributed by atoms with E-state index in [2.05, 4.69) is 4.98 Å². The first-order chi connectivity index (χ1) is 4.97. The second-order valence-electron chi connectivity index (χ2n) is 2.45. The normalized spacial score (nSPS) is 11.8. The molecule has 0 radical (unpaired) electrons. The lowest BCUT2D eigenvalue weighted by atomic mass is 10.6. The first-order valence-corrected chi connectivity index (χ1v) is 5.12. The van der Waals surface area contributed by atoms with E-state index in [1.807, 2.05) is 0 Å². The van der Waals surface area contributed by atoms with E-state index in [-0.39, 0.29) is 11.6 Å². The van der Waals surface area contributed by atoms with Gasteiger partial charge in [-0.1, -0.05) is 0 Å². The Balaban J connectivity index is 2.81. The van der Waals surface area contributed by atoms with Gasteiger partial charge in [0.25, 0.3) is 0 Å². The average molecular weight is 175 g/mol. The largest absolute Gasteiger partial charge is 0.448 e. The fraction of sp³-hybridized carbons (Fsp3) is 0.500. The number of oxazole rings is 1. The molecule has 5 heteroatoms. The molecule has 0 amide bonds. The Morgan fingerprint density at radius 1 is 1.64 bits per heavy atom. The van der Waals surface area contributed by atoms with Crippen LogP contribution in [-0.4, -0.2) is 19.7 Å². The molecule has 0 N–H and O–H groups in total. The summed E-state index contributed by atoms with van der Waals surface area (Å²) in [5.74, 6) is 0.130. The predicted octanol–water partition coefficient (Wildman–Crippen LogP) is 0.528. The maximum Gasteiger partial charge on any atom is 0.209 e. The minimum atomic E-state index is -3.02. The molecule has 0 fully saturated rings. The molecular weight excluding hydrogens is 166 g/mol. The van der Waals surface area contributed by atoms with Gasteiger partial charge in [0.1, 0.15) is 12.0 Å². The van der Waals surface area contributed by atoms with E-state index in [1.54, 1.807) is 6.92 Å². The lowest BCUT2D eigenvalue weighted by Crippen LogP contribution is -2.00. The SMILES string of the molecule is Cc1coc(CS(C)(=O)=O)n1. The molecule has 0 aliphatic heterocycles. The van der Waals surface area contributed by atoms with Crippen LogP contribution in [0.15, 0.2) is 10.7 Å². The zero-order chi connectivity index (χ0) is 8.48. The molecule has 0 aromatic carbocycles. The molecule has 0 unspecified atom stereocenters. The van der Waals surface area contributed by atoms with E-state index in [0.717, 1.165) is 6.26 Å². The highest BCUT2D eigenvalue weighted by molar-refractivity contribution is 7.89. The topological polar surface area (TPSA) is 60.2 Å². The molecule has 0 atom stereocenters. The van der Waals surface area contributed by atoms with Crippen LogP contribution in [0.25, 0.3) is 0 Å². The molecule has 0 saturated heterocycles. The molecule has 0 aliphatic carbocycles. The van der Waals surface area contributed by atoms with E-state index in [1.165, 1.54) is 6.26 Å². The Hall–Kier alpha value is -0.840. The zero-order valence-corrected chi connectivity index (χ0v) is 7.18. The summed E-state index contributed by atoms with van der Waals surface area (Å²) < 4.78 is 26.3. The summed E-state index contributed by atoms with van der Waals surface area (Å²) in [5.41, 5.74) is 0.698. The van der Waals surface area contributed by atoms with Crippen LogP contribution in [0, 0.1) is 6.92 Å². The van der Waals surface area contributed by atoms with Crippen molar-refractivity contribution < 1.29 is 12.8 Å². The quantitative estimate of drug-likeness (QED) is 0.657. The monoisotopic (exact) mass is 175 g/mol. The summed E-state index contributed by atoms with van der Waals surface area (Å²) in [6.07, 6.45) is 2.58. The number of sulfone groups is 1. The Morgan fingerprint density at radius 3 is 2.64 bits per heavy atom. The Bertz CT molecular complexity index is 338. The third-order valence-electron chi connectivity index (χ3n) is 1.05. The summed E-state index contributed by atoms with van der Waals surface area (Å²) in [6.45, 7) is 1.75. The van der Waals surface area contributed by atoms with Crippen molar-refractivity contribution in [1.29, 1.82) is 0 Å². The average Bonchev–Trinajstić information content (AvgIpc) is 2.10. The van der Waals surface area contributed by atoms with Crippen LogP contribution >= 0.6 is 0 Å². The van der Waals surface area contributed by atoms with Gasteiger partial charge in [0.2, 0.25) is 5.89 Å². The van der Waals surface area contributed by atoms with Crippen molar-refractivity contribution in [1.82, 2.24) is 4.98 Å². The standard InChI is InChI=1S/C6H9NO3S/c1-5-3-10-6(7-5)4-11(2,8)9/h3H,4H2,1-2H3. The van der Waals surface area contributed by atoms with Gasteiger partial charge in [-0.05, 0) is 6.92 Å². The molecule has 1 rings (SSSR count). The van der Waals surface area contributed by atoms with Gasteiger partial charge in [-0.15, -0.1) is 0 Å². The van der Waals surface area contributed by atoms with Crippen LogP contribution in [0.1, 0.15) is 11.6 Å². The van der Waals surface area contributed by atoms with Gasteiger partial charge in [0.05, 0.1) is 5.69 Å². The molecule has 0 saturated carbocycles. The summed E-state index contributed by atoms with van der Waals surface area (Å²) >= 11 is 0. The van der Waals surface area contributed by atoms with Gasteiger partial charge in [0, 0.05) is 6.26 Å². The molecule has 4 nitrogen and oxygen atoms in total. The molecule has 62 valence electrons. The maximum absolute atomic E-state index is 10.7. The fourth-order valence-corrected chi connectivity index (χ4v) is 1.27. The minimum absolute atomic E-state index is 0.124. The first kappa shape index (κ1) is 8.26. The first-order valence-electron chi connectivity index (χ1n) is 3.06. The molecule has 0 bridgehead atoms. The number of nitrogens with zero attached hydrogens (tertiary/aromatic N) is 1. The van der Waals surface area contributed by atoms with Gasteiger partial charge < -0.3 is 4.42 Å². The van der Waals surface area contributed by atoms with Crippen molar-refractivity contribution in [2.75, 3.05) is 6.26 Å². The van der Waals surface area contributed by atoms with Crippen molar-refractivity contribution in [3.05, 3.63) is 17.8 Å². The van der Waals surface area contributed by atoms with E-state index in [0.29, 0.717) is 5.69 Å². The summed E-state index contributed by atoms with van der Waals surface area (Å²) in [7, 11) is -3.02. The van der Waals surface area contributed by atoms with Crippen molar-refractivity contribution in [3.63, 3.8) is 0 Å². The van der Waals surface area contributed by atoms with Crippen LogP contribution < -0.4 is 0 Å². The molecular formula is C6H9NO3S. The summed E-state index contributed by atoms with van der Waals surface area (Å²) in [4.78, 5) is 3.85. The second kappa shape index (κ2) is 2.65. The number of rotatable bonds is 2. The molecule has 1 aromatic heterocycles. The highest BCUT2D eigenvalue weighted by Crippen LogP contribution is 2.03. The highest BCUT2D eigenvalue weighted by atomic mass is 32.2. The molecule has 1 heterocycles. The number of aryl methyl sites for hydroxylation is 1. The van der Waals surface area contributed by atoms with Crippen molar-refractivity contribution >= 4 is 9.84 Å². The van der Waals surface area contributed by atoms with Gasteiger partial charge >= 0.3 is 0 Å². The second-order valence-corrected chi connectivity index (χ2v) is 4.59. The number of hydrogen-bond acceptors (Lipinski definition) is 4. The summed E-state index contributed by atoms with van der Waals surface area (Å²) in [6, 6.07) is 0. The number of hydrogen-bond donors (Lipinski definition) is 0.